The predicted octanol–water partition coefficient (Wildman–Crippen LogP) is 1.96. The Morgan fingerprint density at radius 2 is 1.72 bits per heavy atom. The maximum Gasteiger partial charge on any atom is 0.416 e. The number of aromatic nitrogens is 4. The lowest BCUT2D eigenvalue weighted by molar-refractivity contribution is -0.143. The van der Waals surface area contributed by atoms with Gasteiger partial charge in [0.05, 0.1) is 40.8 Å². The number of benzene rings is 1. The predicted molar refractivity (Wildman–Crippen MR) is 117 cm³/mol. The van der Waals surface area contributed by atoms with E-state index in [-0.39, 0.29) is 24.7 Å². The number of amides is 2. The molecule has 11 nitrogen and oxygen atoms in total. The third-order valence-electron chi connectivity index (χ3n) is 5.34. The van der Waals surface area contributed by atoms with E-state index < -0.39 is 65.2 Å². The van der Waals surface area contributed by atoms with Gasteiger partial charge in [-0.1, -0.05) is 5.21 Å². The summed E-state index contributed by atoms with van der Waals surface area (Å²) in [5.74, 6) is -2.94. The fourth-order valence-electron chi connectivity index (χ4n) is 3.39. The zero-order valence-electron chi connectivity index (χ0n) is 19.2. The molecular formula is C21H16F6N6O5S. The highest BCUT2D eigenvalue weighted by Crippen LogP contribution is 2.37. The van der Waals surface area contributed by atoms with Crippen molar-refractivity contribution in [2.75, 3.05) is 0 Å². The molecule has 0 saturated carbocycles. The van der Waals surface area contributed by atoms with Gasteiger partial charge in [-0.15, -0.1) is 16.4 Å². The first-order chi connectivity index (χ1) is 18.2. The summed E-state index contributed by atoms with van der Waals surface area (Å²) in [5, 5.41) is 22.6. The number of nitrogens with zero attached hydrogens (tertiary/aromatic N) is 4. The minimum atomic E-state index is -5.06. The van der Waals surface area contributed by atoms with Crippen molar-refractivity contribution in [2.24, 2.45) is 0 Å². The van der Waals surface area contributed by atoms with Crippen molar-refractivity contribution in [3.05, 3.63) is 57.8 Å². The number of carboxylic acid groups (broad SMARTS) is 1. The fraction of sp³-hybridized carbons (Fsp3) is 0.333. The molecule has 2 amide bonds. The van der Waals surface area contributed by atoms with Gasteiger partial charge in [0.25, 0.3) is 5.91 Å². The fourth-order valence-corrected chi connectivity index (χ4v) is 3.96. The standard InChI is InChI=1S/C21H16F6N6O5S/c22-20(23,24)9-1-10(21(25,26)27)3-13(2-9)33-6-12(31-32-33)5-28-17(34)14(4-11-7-39-8-29-11)30-18(35)15-16(38-15)19(36)37/h1-3,6-8,14-16H,4-5H2,(H,28,34)(H,30,35)(H,36,37)/t14?,15-,16-/m0/s1. The van der Waals surface area contributed by atoms with E-state index in [4.69, 9.17) is 9.84 Å². The van der Waals surface area contributed by atoms with Crippen LogP contribution in [0.25, 0.3) is 5.69 Å². The minimum Gasteiger partial charge on any atom is -0.479 e. The van der Waals surface area contributed by atoms with Crippen molar-refractivity contribution in [2.45, 2.75) is 43.6 Å². The Morgan fingerprint density at radius 3 is 2.26 bits per heavy atom. The number of thiazole rings is 1. The second-order valence-corrected chi connectivity index (χ2v) is 8.92. The maximum atomic E-state index is 13.2. The summed E-state index contributed by atoms with van der Waals surface area (Å²) in [4.78, 5) is 40.1. The Bertz CT molecular complexity index is 1340. The van der Waals surface area contributed by atoms with Gasteiger partial charge in [0.2, 0.25) is 5.91 Å². The molecule has 3 N–H and O–H groups in total. The second-order valence-electron chi connectivity index (χ2n) is 8.20. The van der Waals surface area contributed by atoms with Gasteiger partial charge in [-0.2, -0.15) is 26.3 Å². The summed E-state index contributed by atoms with van der Waals surface area (Å²) >= 11 is 1.23. The number of hydrogen-bond donors (Lipinski definition) is 3. The molecule has 0 spiro atoms. The van der Waals surface area contributed by atoms with E-state index in [1.165, 1.54) is 16.8 Å². The maximum absolute atomic E-state index is 13.2. The number of rotatable bonds is 9. The van der Waals surface area contributed by atoms with E-state index >= 15 is 0 Å². The van der Waals surface area contributed by atoms with E-state index in [0.717, 1.165) is 6.20 Å². The van der Waals surface area contributed by atoms with E-state index in [2.05, 4.69) is 25.9 Å². The van der Waals surface area contributed by atoms with Crippen LogP contribution in [0.1, 0.15) is 22.5 Å². The van der Waals surface area contributed by atoms with Crippen molar-refractivity contribution >= 4 is 29.1 Å². The normalized spacial score (nSPS) is 17.9. The van der Waals surface area contributed by atoms with Crippen molar-refractivity contribution in [3.8, 4) is 5.69 Å². The first-order valence-corrected chi connectivity index (χ1v) is 11.7. The van der Waals surface area contributed by atoms with Gasteiger partial charge in [0.1, 0.15) is 11.7 Å². The zero-order chi connectivity index (χ0) is 28.5. The van der Waals surface area contributed by atoms with Crippen LogP contribution in [0.3, 0.4) is 0 Å². The van der Waals surface area contributed by atoms with Crippen LogP contribution in [0.5, 0.6) is 0 Å². The van der Waals surface area contributed by atoms with Crippen LogP contribution >= 0.6 is 11.3 Å². The van der Waals surface area contributed by atoms with Crippen LogP contribution in [0.4, 0.5) is 26.3 Å². The Kier molecular flexibility index (Phi) is 7.60. The highest BCUT2D eigenvalue weighted by Gasteiger charge is 2.51. The molecule has 1 saturated heterocycles. The number of ether oxygens (including phenoxy) is 1. The number of halogens is 6. The Labute approximate surface area is 217 Å². The summed E-state index contributed by atoms with van der Waals surface area (Å²) in [6, 6.07) is -0.304. The summed E-state index contributed by atoms with van der Waals surface area (Å²) in [7, 11) is 0. The summed E-state index contributed by atoms with van der Waals surface area (Å²) in [6.07, 6.45) is -11.8. The average Bonchev–Trinajstić information content (AvgIpc) is 3.25. The lowest BCUT2D eigenvalue weighted by Gasteiger charge is -2.17. The summed E-state index contributed by atoms with van der Waals surface area (Å²) < 4.78 is 84.4. The smallest absolute Gasteiger partial charge is 0.416 e. The van der Waals surface area contributed by atoms with Crippen molar-refractivity contribution < 1.29 is 50.6 Å². The molecule has 3 heterocycles. The third kappa shape index (κ3) is 6.88. The van der Waals surface area contributed by atoms with Crippen LogP contribution in [0.15, 0.2) is 35.3 Å². The van der Waals surface area contributed by atoms with E-state index in [1.54, 1.807) is 5.38 Å². The minimum absolute atomic E-state index is 0.0236. The number of alkyl halides is 6. The number of epoxide rings is 1. The highest BCUT2D eigenvalue weighted by atomic mass is 32.1. The Morgan fingerprint density at radius 1 is 1.05 bits per heavy atom. The monoisotopic (exact) mass is 578 g/mol. The van der Waals surface area contributed by atoms with Gasteiger partial charge in [-0.25, -0.2) is 14.5 Å². The molecule has 3 aromatic rings. The summed E-state index contributed by atoms with van der Waals surface area (Å²) in [5.41, 5.74) is -1.72. The highest BCUT2D eigenvalue weighted by molar-refractivity contribution is 7.07. The molecule has 208 valence electrons. The molecule has 1 fully saturated rings. The van der Waals surface area contributed by atoms with Crippen molar-refractivity contribution in [3.63, 3.8) is 0 Å². The second kappa shape index (κ2) is 10.6. The molecule has 2 aromatic heterocycles. The number of carbonyl (C=O) groups is 3. The van der Waals surface area contributed by atoms with Gasteiger partial charge in [-0.05, 0) is 18.2 Å². The SMILES string of the molecule is O=C(NCc1cn(-c2cc(C(F)(F)F)cc(C(F)(F)F)c2)nn1)C(Cc1cscn1)NC(=O)[C@H]1O[C@@H]1C(=O)O. The topological polar surface area (TPSA) is 152 Å². The van der Waals surface area contributed by atoms with E-state index in [9.17, 15) is 40.7 Å². The number of aliphatic carboxylic acids is 1. The van der Waals surface area contributed by atoms with Gasteiger partial charge in [0, 0.05) is 11.8 Å². The molecular weight excluding hydrogens is 562 g/mol. The first-order valence-electron chi connectivity index (χ1n) is 10.8. The van der Waals surface area contributed by atoms with Gasteiger partial charge in [0.15, 0.2) is 12.2 Å². The Hall–Kier alpha value is -4.06. The molecule has 0 bridgehead atoms. The van der Waals surface area contributed by atoms with Crippen molar-refractivity contribution in [1.82, 2.24) is 30.6 Å². The van der Waals surface area contributed by atoms with Crippen LogP contribution in [0, 0.1) is 0 Å². The molecule has 0 radical (unpaired) electrons. The first kappa shape index (κ1) is 28.0. The van der Waals surface area contributed by atoms with E-state index in [0.29, 0.717) is 22.5 Å². The number of hydrogen-bond acceptors (Lipinski definition) is 8. The zero-order valence-corrected chi connectivity index (χ0v) is 20.0. The van der Waals surface area contributed by atoms with Gasteiger partial charge in [-0.3, -0.25) is 9.59 Å². The van der Waals surface area contributed by atoms with Crippen LogP contribution in [-0.4, -0.2) is 61.1 Å². The summed E-state index contributed by atoms with van der Waals surface area (Å²) in [6.45, 7) is -0.356. The molecule has 1 aliphatic rings. The molecule has 39 heavy (non-hydrogen) atoms. The van der Waals surface area contributed by atoms with Gasteiger partial charge < -0.3 is 20.5 Å². The molecule has 1 unspecified atom stereocenters. The molecule has 1 aromatic carbocycles. The largest absolute Gasteiger partial charge is 0.479 e. The van der Waals surface area contributed by atoms with E-state index in [1.807, 2.05) is 0 Å². The molecule has 18 heteroatoms. The number of carboxylic acids is 1. The molecule has 1 aliphatic heterocycles. The van der Waals surface area contributed by atoms with Crippen LogP contribution in [-0.2, 0) is 44.4 Å². The quantitative estimate of drug-likeness (QED) is 0.258. The number of carbonyl (C=O) groups excluding carboxylic acids is 2. The molecule has 3 atom stereocenters. The number of nitrogens with one attached hydrogen (secondary N) is 2. The molecule has 0 aliphatic carbocycles. The molecule has 4 rings (SSSR count). The van der Waals surface area contributed by atoms with Crippen LogP contribution in [0.2, 0.25) is 0 Å². The lowest BCUT2D eigenvalue weighted by atomic mass is 10.1. The van der Waals surface area contributed by atoms with Gasteiger partial charge >= 0.3 is 18.3 Å². The van der Waals surface area contributed by atoms with Crippen molar-refractivity contribution in [1.29, 1.82) is 0 Å². The average molecular weight is 578 g/mol. The third-order valence-corrected chi connectivity index (χ3v) is 5.98. The Balaban J connectivity index is 1.46. The lowest BCUT2D eigenvalue weighted by Crippen LogP contribution is -2.49. The van der Waals surface area contributed by atoms with Crippen LogP contribution < -0.4 is 10.6 Å².